The molecular weight excluding hydrogens is 471 g/mol. The normalized spacial score (nSPS) is 14.7. The molecule has 7 nitrogen and oxygen atoms in total. The van der Waals surface area contributed by atoms with Crippen LogP contribution >= 0.6 is 0 Å². The maximum atomic E-state index is 12.8. The van der Waals surface area contributed by atoms with E-state index in [0.717, 1.165) is 16.3 Å². The quantitative estimate of drug-likeness (QED) is 0.315. The van der Waals surface area contributed by atoms with Gasteiger partial charge in [0.15, 0.2) is 12.4 Å². The second kappa shape index (κ2) is 10.0. The van der Waals surface area contributed by atoms with Crippen molar-refractivity contribution in [1.82, 2.24) is 14.9 Å². The van der Waals surface area contributed by atoms with Crippen molar-refractivity contribution in [3.63, 3.8) is 0 Å². The molecule has 0 atom stereocenters. The van der Waals surface area contributed by atoms with Crippen molar-refractivity contribution in [2.75, 3.05) is 24.5 Å². The molecule has 0 aliphatic carbocycles. The molecule has 36 heavy (non-hydrogen) atoms. The van der Waals surface area contributed by atoms with E-state index in [-0.39, 0.29) is 25.1 Å². The molecule has 0 saturated heterocycles. The molecule has 0 bridgehead atoms. The number of hydrogen-bond donors (Lipinski definition) is 1. The van der Waals surface area contributed by atoms with E-state index >= 15 is 0 Å². The molecule has 0 radical (unpaired) electrons. The Balaban J connectivity index is 1.54. The highest BCUT2D eigenvalue weighted by atomic mass is 19.4. The minimum absolute atomic E-state index is 0.0225. The molecule has 3 aromatic rings. The molecule has 0 spiro atoms. The summed E-state index contributed by atoms with van der Waals surface area (Å²) in [7, 11) is 0. The van der Waals surface area contributed by atoms with Gasteiger partial charge in [0.25, 0.3) is 6.02 Å². The SMILES string of the molecule is [2H]c1nc(COC(=N)N(CC)CC(F)(F)F)nc2c1C(C)(C)CN2c1ccc(Oc2ccccc2)cc1. The largest absolute Gasteiger partial charge is 0.457 e. The van der Waals surface area contributed by atoms with Crippen LogP contribution in [0.3, 0.4) is 0 Å². The van der Waals surface area contributed by atoms with Gasteiger partial charge >= 0.3 is 6.18 Å². The number of anilines is 2. The van der Waals surface area contributed by atoms with E-state index in [9.17, 15) is 13.2 Å². The van der Waals surface area contributed by atoms with Crippen LogP contribution in [0, 0.1) is 5.41 Å². The summed E-state index contributed by atoms with van der Waals surface area (Å²) >= 11 is 0. The molecule has 1 aliphatic rings. The zero-order valence-electron chi connectivity index (χ0n) is 21.3. The van der Waals surface area contributed by atoms with Crippen LogP contribution in [0.5, 0.6) is 11.5 Å². The van der Waals surface area contributed by atoms with Crippen LogP contribution in [-0.4, -0.2) is 46.7 Å². The third-order valence-electron chi connectivity index (χ3n) is 5.75. The third kappa shape index (κ3) is 5.87. The lowest BCUT2D eigenvalue weighted by Crippen LogP contribution is -2.39. The van der Waals surface area contributed by atoms with Gasteiger partial charge in [-0.2, -0.15) is 13.2 Å². The summed E-state index contributed by atoms with van der Waals surface area (Å²) in [6.07, 6.45) is -4.44. The zero-order valence-corrected chi connectivity index (χ0v) is 20.3. The van der Waals surface area contributed by atoms with Gasteiger partial charge < -0.3 is 19.3 Å². The van der Waals surface area contributed by atoms with E-state index < -0.39 is 24.2 Å². The van der Waals surface area contributed by atoms with Crippen LogP contribution < -0.4 is 9.64 Å². The number of para-hydroxylation sites is 1. The molecule has 1 N–H and O–H groups in total. The van der Waals surface area contributed by atoms with Gasteiger partial charge in [0.1, 0.15) is 23.9 Å². The number of fused-ring (bicyclic) bond motifs is 1. The van der Waals surface area contributed by atoms with Gasteiger partial charge in [-0.25, -0.2) is 9.97 Å². The number of rotatable bonds is 7. The number of ether oxygens (including phenoxy) is 2. The third-order valence-corrected chi connectivity index (χ3v) is 5.75. The fourth-order valence-electron chi connectivity index (χ4n) is 3.94. The van der Waals surface area contributed by atoms with Crippen molar-refractivity contribution in [3.8, 4) is 11.5 Å². The second-order valence-electron chi connectivity index (χ2n) is 9.05. The maximum absolute atomic E-state index is 12.8. The van der Waals surface area contributed by atoms with Crippen molar-refractivity contribution in [1.29, 1.82) is 5.41 Å². The van der Waals surface area contributed by atoms with E-state index in [4.69, 9.17) is 16.3 Å². The zero-order chi connectivity index (χ0) is 26.8. The first-order valence-electron chi connectivity index (χ1n) is 12.0. The van der Waals surface area contributed by atoms with Gasteiger partial charge in [0.05, 0.1) is 1.37 Å². The Morgan fingerprint density at radius 1 is 1.14 bits per heavy atom. The van der Waals surface area contributed by atoms with Crippen LogP contribution in [0.25, 0.3) is 0 Å². The lowest BCUT2D eigenvalue weighted by Gasteiger charge is -2.24. The Kier molecular flexibility index (Phi) is 6.67. The van der Waals surface area contributed by atoms with Crippen molar-refractivity contribution < 1.29 is 24.0 Å². The molecule has 2 aromatic carbocycles. The Morgan fingerprint density at radius 2 is 1.81 bits per heavy atom. The Labute approximate surface area is 209 Å². The highest BCUT2D eigenvalue weighted by Gasteiger charge is 2.38. The van der Waals surface area contributed by atoms with E-state index in [0.29, 0.717) is 23.7 Å². The van der Waals surface area contributed by atoms with Crippen molar-refractivity contribution in [2.24, 2.45) is 0 Å². The minimum atomic E-state index is -4.46. The van der Waals surface area contributed by atoms with Crippen molar-refractivity contribution in [2.45, 2.75) is 39.0 Å². The Hall–Kier alpha value is -3.82. The fourth-order valence-corrected chi connectivity index (χ4v) is 3.94. The van der Waals surface area contributed by atoms with Crippen LogP contribution in [0.4, 0.5) is 24.7 Å². The minimum Gasteiger partial charge on any atom is -0.457 e. The standard InChI is InChI=1S/C26H28F3N5O2/c1-4-33(17-26(27,28)29)24(30)35-15-22-31-14-21-23(32-22)34(16-25(21,2)3)18-10-12-20(13-11-18)36-19-8-6-5-7-9-19/h5-14,30H,4,15-17H2,1-3H3/i14D. The topological polar surface area (TPSA) is 74.6 Å². The Bertz CT molecular complexity index is 1250. The first-order valence-corrected chi connectivity index (χ1v) is 11.5. The number of hydrogen-bond acceptors (Lipinski definition) is 6. The number of nitrogens with one attached hydrogen (secondary N) is 1. The summed E-state index contributed by atoms with van der Waals surface area (Å²) in [6, 6.07) is 16.3. The van der Waals surface area contributed by atoms with Crippen LogP contribution in [0.15, 0.2) is 60.8 Å². The second-order valence-corrected chi connectivity index (χ2v) is 9.05. The molecule has 0 saturated carbocycles. The molecule has 2 heterocycles. The fraction of sp³-hybridized carbons (Fsp3) is 0.346. The molecular formula is C26H28F3N5O2. The van der Waals surface area contributed by atoms with Crippen LogP contribution in [0.1, 0.15) is 33.5 Å². The molecule has 0 amide bonds. The molecule has 4 rings (SSSR count). The number of amidine groups is 1. The summed E-state index contributed by atoms with van der Waals surface area (Å²) in [5.74, 6) is 2.05. The summed E-state index contributed by atoms with van der Waals surface area (Å²) in [4.78, 5) is 11.5. The smallest absolute Gasteiger partial charge is 0.406 e. The number of benzene rings is 2. The summed E-state index contributed by atoms with van der Waals surface area (Å²) < 4.78 is 58.0. The summed E-state index contributed by atoms with van der Waals surface area (Å²) in [6.45, 7) is 4.40. The van der Waals surface area contributed by atoms with E-state index in [1.807, 2.05) is 73.3 Å². The van der Waals surface area contributed by atoms with E-state index in [2.05, 4.69) is 9.97 Å². The monoisotopic (exact) mass is 500 g/mol. The lowest BCUT2D eigenvalue weighted by atomic mass is 9.89. The Morgan fingerprint density at radius 3 is 2.44 bits per heavy atom. The summed E-state index contributed by atoms with van der Waals surface area (Å²) in [5, 5.41) is 7.90. The maximum Gasteiger partial charge on any atom is 0.406 e. The molecule has 1 aliphatic heterocycles. The molecule has 190 valence electrons. The van der Waals surface area contributed by atoms with Crippen LogP contribution in [0.2, 0.25) is 0 Å². The van der Waals surface area contributed by atoms with Gasteiger partial charge in [-0.1, -0.05) is 32.0 Å². The molecule has 10 heteroatoms. The van der Waals surface area contributed by atoms with Crippen molar-refractivity contribution in [3.05, 3.63) is 72.2 Å². The highest BCUT2D eigenvalue weighted by molar-refractivity contribution is 5.71. The predicted molar refractivity (Wildman–Crippen MR) is 131 cm³/mol. The van der Waals surface area contributed by atoms with Gasteiger partial charge in [-0.15, -0.1) is 0 Å². The van der Waals surface area contributed by atoms with Crippen molar-refractivity contribution >= 4 is 17.5 Å². The van der Waals surface area contributed by atoms with Gasteiger partial charge in [0, 0.05) is 35.9 Å². The van der Waals surface area contributed by atoms with Gasteiger partial charge in [-0.3, -0.25) is 5.41 Å². The lowest BCUT2D eigenvalue weighted by molar-refractivity contribution is -0.139. The number of aromatic nitrogens is 2. The average molecular weight is 501 g/mol. The first kappa shape index (κ1) is 23.9. The van der Waals surface area contributed by atoms with Gasteiger partial charge in [0.2, 0.25) is 0 Å². The van der Waals surface area contributed by atoms with E-state index in [1.165, 1.54) is 6.92 Å². The highest BCUT2D eigenvalue weighted by Crippen LogP contribution is 2.43. The molecule has 0 fully saturated rings. The molecule has 1 aromatic heterocycles. The van der Waals surface area contributed by atoms with E-state index in [1.54, 1.807) is 0 Å². The van der Waals surface area contributed by atoms with Crippen LogP contribution in [-0.2, 0) is 16.8 Å². The summed E-state index contributed by atoms with van der Waals surface area (Å²) in [5.41, 5.74) is 1.10. The number of alkyl halides is 3. The predicted octanol–water partition coefficient (Wildman–Crippen LogP) is 6.03. The molecule has 0 unspecified atom stereocenters. The number of nitrogens with zero attached hydrogens (tertiary/aromatic N) is 4. The average Bonchev–Trinajstić information content (AvgIpc) is 3.12. The number of halogens is 3. The first-order chi connectivity index (χ1) is 17.5. The van der Waals surface area contributed by atoms with Gasteiger partial charge in [-0.05, 0) is 43.3 Å².